The molecule has 0 aromatic heterocycles. The van der Waals surface area contributed by atoms with Crippen LogP contribution in [0.4, 0.5) is 0 Å². The third-order valence-corrected chi connectivity index (χ3v) is 7.73. The predicted octanol–water partition coefficient (Wildman–Crippen LogP) is 4.31. The van der Waals surface area contributed by atoms with Crippen molar-refractivity contribution < 1.29 is 48.1 Å². The largest absolute Gasteiger partial charge is 0.481 e. The molecular formula is C31H54N2O10S. The van der Waals surface area contributed by atoms with E-state index < -0.39 is 61.3 Å². The fourth-order valence-corrected chi connectivity index (χ4v) is 5.08. The number of thioether (sulfide) groups is 1. The molecule has 0 aliphatic carbocycles. The van der Waals surface area contributed by atoms with Crippen LogP contribution in [0.15, 0.2) is 0 Å². The number of aliphatic carboxylic acids is 1. The lowest BCUT2D eigenvalue weighted by molar-refractivity contribution is -0.153. The monoisotopic (exact) mass is 646 g/mol. The summed E-state index contributed by atoms with van der Waals surface area (Å²) in [4.78, 5) is 70.8. The molecular weight excluding hydrogens is 592 g/mol. The smallest absolute Gasteiger partial charge is 0.331 e. The highest BCUT2D eigenvalue weighted by Crippen LogP contribution is 2.13. The topological polar surface area (TPSA) is 174 Å². The van der Waals surface area contributed by atoms with Gasteiger partial charge in [-0.2, -0.15) is 11.8 Å². The van der Waals surface area contributed by atoms with Crippen LogP contribution in [0.1, 0.15) is 117 Å². The lowest BCUT2D eigenvalue weighted by Gasteiger charge is -2.21. The normalized spacial score (nSPS) is 12.1. The molecule has 2 atom stereocenters. The summed E-state index contributed by atoms with van der Waals surface area (Å²) in [5, 5.41) is 13.5. The van der Waals surface area contributed by atoms with Gasteiger partial charge in [0.25, 0.3) is 0 Å². The van der Waals surface area contributed by atoms with E-state index in [1.807, 2.05) is 0 Å². The summed E-state index contributed by atoms with van der Waals surface area (Å²) in [6.07, 6.45) is 15.5. The first-order valence-electron chi connectivity index (χ1n) is 15.9. The molecule has 0 aromatic rings. The van der Waals surface area contributed by atoms with E-state index in [0.29, 0.717) is 12.2 Å². The molecule has 0 aliphatic rings. The molecule has 2 amide bonds. The number of rotatable bonds is 28. The minimum Gasteiger partial charge on any atom is -0.481 e. The van der Waals surface area contributed by atoms with Crippen LogP contribution in [0, 0.1) is 0 Å². The van der Waals surface area contributed by atoms with Gasteiger partial charge in [0.2, 0.25) is 11.8 Å². The summed E-state index contributed by atoms with van der Waals surface area (Å²) in [6, 6.07) is -2.37. The first kappa shape index (κ1) is 41.2. The second-order valence-corrected chi connectivity index (χ2v) is 11.9. The second-order valence-electron chi connectivity index (χ2n) is 10.7. The van der Waals surface area contributed by atoms with Crippen molar-refractivity contribution >= 4 is 47.5 Å². The zero-order valence-corrected chi connectivity index (χ0v) is 27.6. The van der Waals surface area contributed by atoms with E-state index in [2.05, 4.69) is 22.3 Å². The van der Waals surface area contributed by atoms with Crippen LogP contribution in [0.5, 0.6) is 0 Å². The van der Waals surface area contributed by atoms with Gasteiger partial charge in [-0.25, -0.2) is 4.79 Å². The standard InChI is InChI=1S/C31H54N2O10S/c1-4-5-6-7-8-9-10-11-12-13-14-15-16-17-28(37)42-20-21-44-23-26(32-24(2)34)30(39)33-25(31(40)41-3)22-43-29(38)19-18-27(35)36/h25-26H,4-23H2,1-3H3,(H,32,34)(H,33,39)(H,35,36)/t25-,26+/m0/s1. The molecule has 44 heavy (non-hydrogen) atoms. The third kappa shape index (κ3) is 24.6. The van der Waals surface area contributed by atoms with Gasteiger partial charge in [-0.05, 0) is 6.42 Å². The first-order chi connectivity index (χ1) is 21.1. The van der Waals surface area contributed by atoms with E-state index in [9.17, 15) is 28.8 Å². The summed E-state index contributed by atoms with van der Waals surface area (Å²) in [5.74, 6) is -3.82. The molecule has 3 N–H and O–H groups in total. The molecule has 0 saturated carbocycles. The molecule has 0 rings (SSSR count). The molecule has 254 valence electrons. The van der Waals surface area contributed by atoms with Gasteiger partial charge in [-0.15, -0.1) is 0 Å². The van der Waals surface area contributed by atoms with E-state index in [0.717, 1.165) is 26.4 Å². The SMILES string of the molecule is CCCCCCCCCCCCCCCC(=O)OCCSC[C@@H](NC(C)=O)C(=O)N[C@@H](COC(=O)CCC(=O)O)C(=O)OC. The van der Waals surface area contributed by atoms with Crippen molar-refractivity contribution in [2.75, 3.05) is 31.8 Å². The van der Waals surface area contributed by atoms with Crippen molar-refractivity contribution in [1.29, 1.82) is 0 Å². The van der Waals surface area contributed by atoms with Crippen LogP contribution in [0.2, 0.25) is 0 Å². The number of methoxy groups -OCH3 is 1. The van der Waals surface area contributed by atoms with Gasteiger partial charge in [-0.1, -0.05) is 84.0 Å². The van der Waals surface area contributed by atoms with Crippen molar-refractivity contribution in [3.05, 3.63) is 0 Å². The Morgan fingerprint density at radius 2 is 1.25 bits per heavy atom. The van der Waals surface area contributed by atoms with Crippen LogP contribution >= 0.6 is 11.8 Å². The van der Waals surface area contributed by atoms with E-state index in [1.165, 1.54) is 82.9 Å². The van der Waals surface area contributed by atoms with Gasteiger partial charge in [0.15, 0.2) is 6.04 Å². The minimum atomic E-state index is -1.35. The Morgan fingerprint density at radius 1 is 0.705 bits per heavy atom. The van der Waals surface area contributed by atoms with Crippen LogP contribution in [-0.2, 0) is 43.0 Å². The van der Waals surface area contributed by atoms with Crippen LogP contribution in [0.3, 0.4) is 0 Å². The molecule has 0 heterocycles. The Labute approximate surface area is 266 Å². The molecule has 0 aliphatic heterocycles. The number of carbonyl (C=O) groups excluding carboxylic acids is 5. The summed E-state index contributed by atoms with van der Waals surface area (Å²) in [7, 11) is 1.09. The van der Waals surface area contributed by atoms with Crippen LogP contribution in [-0.4, -0.2) is 84.7 Å². The molecule has 0 spiro atoms. The summed E-state index contributed by atoms with van der Waals surface area (Å²) in [5.41, 5.74) is 0. The summed E-state index contributed by atoms with van der Waals surface area (Å²) < 4.78 is 14.8. The van der Waals surface area contributed by atoms with Gasteiger partial charge < -0.3 is 30.0 Å². The Balaban J connectivity index is 4.23. The molecule has 0 bridgehead atoms. The zero-order valence-electron chi connectivity index (χ0n) is 26.8. The van der Waals surface area contributed by atoms with Crippen molar-refractivity contribution in [2.24, 2.45) is 0 Å². The number of carbonyl (C=O) groups is 6. The summed E-state index contributed by atoms with van der Waals surface area (Å²) >= 11 is 1.28. The number of amides is 2. The quantitative estimate of drug-likeness (QED) is 0.0627. The highest BCUT2D eigenvalue weighted by molar-refractivity contribution is 7.99. The van der Waals surface area contributed by atoms with Gasteiger partial charge in [-0.3, -0.25) is 24.0 Å². The average Bonchev–Trinajstić information content (AvgIpc) is 2.98. The lowest BCUT2D eigenvalue weighted by atomic mass is 10.0. The minimum absolute atomic E-state index is 0.133. The molecule has 0 aromatic carbocycles. The van der Waals surface area contributed by atoms with Crippen molar-refractivity contribution in [3.63, 3.8) is 0 Å². The number of nitrogens with one attached hydrogen (secondary N) is 2. The predicted molar refractivity (Wildman–Crippen MR) is 168 cm³/mol. The molecule has 0 saturated heterocycles. The van der Waals surface area contributed by atoms with Gasteiger partial charge >= 0.3 is 23.9 Å². The average molecular weight is 647 g/mol. The van der Waals surface area contributed by atoms with Crippen molar-refractivity contribution in [3.8, 4) is 0 Å². The van der Waals surface area contributed by atoms with E-state index in [4.69, 9.17) is 14.6 Å². The van der Waals surface area contributed by atoms with Crippen LogP contribution < -0.4 is 10.6 Å². The van der Waals surface area contributed by atoms with E-state index in [-0.39, 0.29) is 18.3 Å². The maximum absolute atomic E-state index is 12.8. The Morgan fingerprint density at radius 3 is 1.77 bits per heavy atom. The molecule has 0 unspecified atom stereocenters. The molecule has 13 heteroatoms. The Kier molecular flexibility index (Phi) is 25.9. The molecule has 12 nitrogen and oxygen atoms in total. The fraction of sp³-hybridized carbons (Fsp3) is 0.806. The van der Waals surface area contributed by atoms with Gasteiger partial charge in [0, 0.05) is 24.9 Å². The Bertz CT molecular complexity index is 855. The number of carboxylic acids is 1. The number of hydrogen-bond acceptors (Lipinski definition) is 10. The molecule has 0 fully saturated rings. The van der Waals surface area contributed by atoms with Crippen molar-refractivity contribution in [2.45, 2.75) is 129 Å². The molecule has 0 radical (unpaired) electrons. The van der Waals surface area contributed by atoms with E-state index in [1.54, 1.807) is 0 Å². The number of hydrogen-bond donors (Lipinski definition) is 3. The van der Waals surface area contributed by atoms with Gasteiger partial charge in [0.05, 0.1) is 20.0 Å². The highest BCUT2D eigenvalue weighted by atomic mass is 32.2. The van der Waals surface area contributed by atoms with Crippen molar-refractivity contribution in [1.82, 2.24) is 10.6 Å². The van der Waals surface area contributed by atoms with Crippen LogP contribution in [0.25, 0.3) is 0 Å². The third-order valence-electron chi connectivity index (χ3n) is 6.71. The second kappa shape index (κ2) is 27.7. The number of unbranched alkanes of at least 4 members (excludes halogenated alkanes) is 12. The Hall–Kier alpha value is -2.83. The number of carboxylic acid groups (broad SMARTS) is 1. The van der Waals surface area contributed by atoms with Gasteiger partial charge in [0.1, 0.15) is 19.3 Å². The number of esters is 3. The zero-order chi connectivity index (χ0) is 33.0. The highest BCUT2D eigenvalue weighted by Gasteiger charge is 2.28. The van der Waals surface area contributed by atoms with E-state index >= 15 is 0 Å². The maximum Gasteiger partial charge on any atom is 0.331 e. The lowest BCUT2D eigenvalue weighted by Crippen LogP contribution is -2.54. The summed E-state index contributed by atoms with van der Waals surface area (Å²) in [6.45, 7) is 3.07. The number of ether oxygens (including phenoxy) is 3. The maximum atomic E-state index is 12.8. The first-order valence-corrected chi connectivity index (χ1v) is 17.0. The fourth-order valence-electron chi connectivity index (χ4n) is 4.24.